The Morgan fingerprint density at radius 1 is 1.15 bits per heavy atom. The van der Waals surface area contributed by atoms with Gasteiger partial charge in [-0.3, -0.25) is 19.8 Å². The largest absolute Gasteiger partial charge is 0.339 e. The van der Waals surface area contributed by atoms with E-state index in [-0.39, 0.29) is 30.6 Å². The number of carbonyl (C=O) groups is 3. The number of amides is 3. The van der Waals surface area contributed by atoms with Gasteiger partial charge in [-0.25, -0.2) is 5.01 Å². The van der Waals surface area contributed by atoms with E-state index in [0.29, 0.717) is 17.2 Å². The van der Waals surface area contributed by atoms with Crippen LogP contribution in [0.3, 0.4) is 0 Å². The first-order valence-electron chi connectivity index (χ1n) is 9.25. The molecular weight excluding hydrogens is 332 g/mol. The fraction of sp³-hybridized carbons (Fsp3) is 0.526. The van der Waals surface area contributed by atoms with Crippen molar-refractivity contribution in [1.29, 1.82) is 0 Å². The number of carbonyl (C=O) groups excluding carboxylic acids is 3. The van der Waals surface area contributed by atoms with Crippen LogP contribution in [0.15, 0.2) is 24.3 Å². The second-order valence-electron chi connectivity index (χ2n) is 6.94. The van der Waals surface area contributed by atoms with Crippen molar-refractivity contribution in [3.63, 3.8) is 0 Å². The third-order valence-corrected chi connectivity index (χ3v) is 5.13. The molecule has 26 heavy (non-hydrogen) atoms. The van der Waals surface area contributed by atoms with Crippen LogP contribution < -0.4 is 15.8 Å². The molecule has 1 aromatic carbocycles. The molecule has 140 valence electrons. The minimum atomic E-state index is -0.175. The predicted molar refractivity (Wildman–Crippen MR) is 98.5 cm³/mol. The van der Waals surface area contributed by atoms with Gasteiger partial charge in [-0.2, -0.15) is 0 Å². The zero-order valence-corrected chi connectivity index (χ0v) is 15.2. The van der Waals surface area contributed by atoms with Crippen LogP contribution in [0.4, 0.5) is 5.69 Å². The minimum Gasteiger partial charge on any atom is -0.339 e. The first kappa shape index (κ1) is 18.4. The molecule has 2 fully saturated rings. The number of hydrazine groups is 1. The van der Waals surface area contributed by atoms with Crippen molar-refractivity contribution >= 4 is 23.4 Å². The van der Waals surface area contributed by atoms with Crippen molar-refractivity contribution in [2.45, 2.75) is 32.1 Å². The number of piperidine rings is 1. The highest BCUT2D eigenvalue weighted by molar-refractivity contribution is 6.01. The summed E-state index contributed by atoms with van der Waals surface area (Å²) in [6.07, 6.45) is 3.66. The van der Waals surface area contributed by atoms with Gasteiger partial charge < -0.3 is 10.2 Å². The first-order valence-corrected chi connectivity index (χ1v) is 9.25. The van der Waals surface area contributed by atoms with Gasteiger partial charge in [-0.1, -0.05) is 0 Å². The van der Waals surface area contributed by atoms with Crippen molar-refractivity contribution < 1.29 is 14.4 Å². The molecule has 0 bridgehead atoms. The molecule has 1 aromatic rings. The summed E-state index contributed by atoms with van der Waals surface area (Å²) in [5, 5.41) is 4.44. The lowest BCUT2D eigenvalue weighted by Gasteiger charge is -2.32. The van der Waals surface area contributed by atoms with Gasteiger partial charge in [0.25, 0.3) is 5.91 Å². The molecule has 7 heteroatoms. The van der Waals surface area contributed by atoms with Crippen molar-refractivity contribution in [3.8, 4) is 0 Å². The Labute approximate surface area is 153 Å². The molecular formula is C19H26N4O3. The SMILES string of the molecule is CNCCC1CCN(C(=O)c2ccc(N3NC(=O)CCC3=O)cc2)CC1. The van der Waals surface area contributed by atoms with Crippen molar-refractivity contribution in [2.24, 2.45) is 5.92 Å². The van der Waals surface area contributed by atoms with E-state index >= 15 is 0 Å². The second kappa shape index (κ2) is 8.31. The van der Waals surface area contributed by atoms with E-state index in [0.717, 1.165) is 38.9 Å². The molecule has 0 aromatic heterocycles. The molecule has 2 heterocycles. The van der Waals surface area contributed by atoms with Crippen LogP contribution in [0.2, 0.25) is 0 Å². The van der Waals surface area contributed by atoms with E-state index in [1.165, 1.54) is 5.01 Å². The Hall–Kier alpha value is -2.41. The molecule has 2 aliphatic heterocycles. The van der Waals surface area contributed by atoms with Crippen LogP contribution in [-0.2, 0) is 9.59 Å². The monoisotopic (exact) mass is 358 g/mol. The highest BCUT2D eigenvalue weighted by atomic mass is 16.2. The summed E-state index contributed by atoms with van der Waals surface area (Å²) in [5.41, 5.74) is 3.74. The van der Waals surface area contributed by atoms with E-state index < -0.39 is 0 Å². The van der Waals surface area contributed by atoms with Gasteiger partial charge in [0.2, 0.25) is 11.8 Å². The first-order chi connectivity index (χ1) is 12.6. The Kier molecular flexibility index (Phi) is 5.88. The lowest BCUT2D eigenvalue weighted by Crippen LogP contribution is -2.50. The maximum absolute atomic E-state index is 12.7. The zero-order chi connectivity index (χ0) is 18.5. The quantitative estimate of drug-likeness (QED) is 0.831. The van der Waals surface area contributed by atoms with Crippen LogP contribution >= 0.6 is 0 Å². The topological polar surface area (TPSA) is 81.8 Å². The maximum Gasteiger partial charge on any atom is 0.253 e. The summed E-state index contributed by atoms with van der Waals surface area (Å²) >= 11 is 0. The van der Waals surface area contributed by atoms with Crippen molar-refractivity contribution in [3.05, 3.63) is 29.8 Å². The summed E-state index contributed by atoms with van der Waals surface area (Å²) in [7, 11) is 1.96. The van der Waals surface area contributed by atoms with Crippen LogP contribution in [0, 0.1) is 5.92 Å². The zero-order valence-electron chi connectivity index (χ0n) is 15.2. The molecule has 3 rings (SSSR count). The molecule has 2 N–H and O–H groups in total. The van der Waals surface area contributed by atoms with Crippen molar-refractivity contribution in [2.75, 3.05) is 31.7 Å². The van der Waals surface area contributed by atoms with E-state index in [9.17, 15) is 14.4 Å². The average molecular weight is 358 g/mol. The van der Waals surface area contributed by atoms with Gasteiger partial charge in [0.15, 0.2) is 0 Å². The molecule has 0 saturated carbocycles. The summed E-state index contributed by atoms with van der Waals surface area (Å²) < 4.78 is 0. The van der Waals surface area contributed by atoms with Gasteiger partial charge >= 0.3 is 0 Å². The number of hydrogen-bond acceptors (Lipinski definition) is 4. The van der Waals surface area contributed by atoms with Gasteiger partial charge in [0, 0.05) is 31.5 Å². The van der Waals surface area contributed by atoms with Crippen LogP contribution in [-0.4, -0.2) is 49.3 Å². The van der Waals surface area contributed by atoms with E-state index in [4.69, 9.17) is 0 Å². The lowest BCUT2D eigenvalue weighted by molar-refractivity contribution is -0.130. The highest BCUT2D eigenvalue weighted by Gasteiger charge is 2.26. The molecule has 7 nitrogen and oxygen atoms in total. The Morgan fingerprint density at radius 3 is 2.50 bits per heavy atom. The fourth-order valence-electron chi connectivity index (χ4n) is 3.49. The lowest BCUT2D eigenvalue weighted by atomic mass is 9.93. The van der Waals surface area contributed by atoms with Gasteiger partial charge in [0.1, 0.15) is 0 Å². The molecule has 2 aliphatic rings. The number of hydrogen-bond donors (Lipinski definition) is 2. The van der Waals surface area contributed by atoms with Gasteiger partial charge in [-0.15, -0.1) is 0 Å². The van der Waals surface area contributed by atoms with E-state index in [1.54, 1.807) is 24.3 Å². The Balaban J connectivity index is 1.59. The fourth-order valence-corrected chi connectivity index (χ4v) is 3.49. The smallest absolute Gasteiger partial charge is 0.253 e. The molecule has 3 amide bonds. The molecule has 0 spiro atoms. The van der Waals surface area contributed by atoms with Crippen LogP contribution in [0.1, 0.15) is 42.5 Å². The van der Waals surface area contributed by atoms with Crippen LogP contribution in [0.25, 0.3) is 0 Å². The third-order valence-electron chi connectivity index (χ3n) is 5.13. The predicted octanol–water partition coefficient (Wildman–Crippen LogP) is 1.31. The second-order valence-corrected chi connectivity index (χ2v) is 6.94. The third kappa shape index (κ3) is 4.22. The molecule has 2 saturated heterocycles. The number of nitrogens with zero attached hydrogens (tertiary/aromatic N) is 2. The van der Waals surface area contributed by atoms with Gasteiger partial charge in [-0.05, 0) is 63.0 Å². The average Bonchev–Trinajstić information content (AvgIpc) is 2.68. The van der Waals surface area contributed by atoms with Gasteiger partial charge in [0.05, 0.1) is 5.69 Å². The van der Waals surface area contributed by atoms with E-state index in [2.05, 4.69) is 10.7 Å². The molecule has 0 aliphatic carbocycles. The number of nitrogens with one attached hydrogen (secondary N) is 2. The maximum atomic E-state index is 12.7. The number of benzene rings is 1. The van der Waals surface area contributed by atoms with E-state index in [1.807, 2.05) is 11.9 Å². The minimum absolute atomic E-state index is 0.0256. The number of anilines is 1. The molecule has 0 unspecified atom stereocenters. The summed E-state index contributed by atoms with van der Waals surface area (Å²) in [5.74, 6) is 0.387. The van der Waals surface area contributed by atoms with Crippen molar-refractivity contribution in [1.82, 2.24) is 15.6 Å². The number of rotatable bonds is 5. The summed E-state index contributed by atoms with van der Waals surface area (Å²) in [6.45, 7) is 2.59. The molecule has 0 atom stereocenters. The number of likely N-dealkylation sites (tertiary alicyclic amines) is 1. The normalized spacial score (nSPS) is 18.8. The molecule has 0 radical (unpaired) electrons. The summed E-state index contributed by atoms with van der Waals surface area (Å²) in [4.78, 5) is 38.0. The highest BCUT2D eigenvalue weighted by Crippen LogP contribution is 2.23. The Morgan fingerprint density at radius 2 is 1.85 bits per heavy atom. The Bertz CT molecular complexity index is 666. The standard InChI is InChI=1S/C19H26N4O3/c1-20-11-8-14-9-12-22(13-10-14)19(26)15-2-4-16(5-3-15)23-18(25)7-6-17(24)21-23/h2-5,14,20H,6-13H2,1H3,(H,21,24). The summed E-state index contributed by atoms with van der Waals surface area (Å²) in [6, 6.07) is 6.85. The van der Waals surface area contributed by atoms with Crippen LogP contribution in [0.5, 0.6) is 0 Å².